The summed E-state index contributed by atoms with van der Waals surface area (Å²) in [6, 6.07) is 29.6. The molecule has 7 heteroatoms. The minimum absolute atomic E-state index is 0.111. The van der Waals surface area contributed by atoms with Crippen molar-refractivity contribution in [3.63, 3.8) is 0 Å². The van der Waals surface area contributed by atoms with Gasteiger partial charge in [-0.1, -0.05) is 96.2 Å². The number of aliphatic hydroxyl groups is 1. The lowest BCUT2D eigenvalue weighted by molar-refractivity contribution is -0.207. The predicted molar refractivity (Wildman–Crippen MR) is 129 cm³/mol. The first-order valence-electron chi connectivity index (χ1n) is 11.6. The van der Waals surface area contributed by atoms with Crippen LogP contribution in [0, 0.1) is 0 Å². The molecule has 5 rings (SSSR count). The fraction of sp³-hybridized carbons (Fsp3) is 0.321. The first-order chi connectivity index (χ1) is 16.9. The van der Waals surface area contributed by atoms with E-state index in [1.807, 2.05) is 91.0 Å². The molecule has 2 aliphatic rings. The maximum atomic E-state index is 10.9. The Labute approximate surface area is 204 Å². The van der Waals surface area contributed by atoms with Gasteiger partial charge in [-0.15, -0.1) is 0 Å². The van der Waals surface area contributed by atoms with E-state index < -0.39 is 36.0 Å². The highest BCUT2D eigenvalue weighted by atomic mass is 16.8. The van der Waals surface area contributed by atoms with Crippen molar-refractivity contribution in [2.24, 2.45) is 5.16 Å². The minimum atomic E-state index is -1.07. The second kappa shape index (κ2) is 9.53. The van der Waals surface area contributed by atoms with Gasteiger partial charge in [-0.3, -0.25) is 0 Å². The van der Waals surface area contributed by atoms with Gasteiger partial charge in [-0.2, -0.15) is 0 Å². The van der Waals surface area contributed by atoms with E-state index in [4.69, 9.17) is 18.9 Å². The molecule has 35 heavy (non-hydrogen) atoms. The highest BCUT2D eigenvalue weighted by Gasteiger charge is 2.56. The Morgan fingerprint density at radius 2 is 1.34 bits per heavy atom. The molecule has 7 nitrogen and oxygen atoms in total. The lowest BCUT2D eigenvalue weighted by Gasteiger charge is -2.36. The Kier molecular flexibility index (Phi) is 6.44. The van der Waals surface area contributed by atoms with Crippen LogP contribution in [0.2, 0.25) is 0 Å². The molecular weight excluding hydrogens is 446 g/mol. The number of aliphatic hydroxyl groups excluding tert-OH is 1. The number of oxime groups is 1. The first-order valence-corrected chi connectivity index (χ1v) is 11.6. The number of hydrogen-bond donors (Lipinski definition) is 2. The van der Waals surface area contributed by atoms with E-state index in [1.165, 1.54) is 0 Å². The molecule has 182 valence electrons. The summed E-state index contributed by atoms with van der Waals surface area (Å²) in [6.07, 6.45) is -3.46. The standard InChI is InChI=1S/C28H29NO6/c1-27(2)34-25-23(30)24(33-26(25)35-27)22(29-31)18-32-28(19-12-6-3-7-13-19,20-14-8-4-9-15-20)21-16-10-5-11-17-21/h3-17,23-26,30-31H,18H2,1-2H3/b29-22-/t23-,24+,25+,26-/m1/s1. The van der Waals surface area contributed by atoms with Gasteiger partial charge in [0.05, 0.1) is 6.61 Å². The number of nitrogens with zero attached hydrogens (tertiary/aromatic N) is 1. The predicted octanol–water partition coefficient (Wildman–Crippen LogP) is 4.06. The van der Waals surface area contributed by atoms with Crippen LogP contribution in [0.3, 0.4) is 0 Å². The number of rotatable bonds is 7. The van der Waals surface area contributed by atoms with Crippen molar-refractivity contribution in [3.8, 4) is 0 Å². The Bertz CT molecular complexity index is 1060. The molecule has 0 spiro atoms. The smallest absolute Gasteiger partial charge is 0.190 e. The largest absolute Gasteiger partial charge is 0.411 e. The van der Waals surface area contributed by atoms with Gasteiger partial charge in [0.1, 0.15) is 29.6 Å². The summed E-state index contributed by atoms with van der Waals surface area (Å²) in [4.78, 5) is 0. The van der Waals surface area contributed by atoms with Crippen LogP contribution in [0.25, 0.3) is 0 Å². The minimum Gasteiger partial charge on any atom is -0.411 e. The molecule has 0 radical (unpaired) electrons. The normalized spacial score (nSPS) is 26.0. The van der Waals surface area contributed by atoms with Crippen LogP contribution in [0.1, 0.15) is 30.5 Å². The molecular formula is C28H29NO6. The van der Waals surface area contributed by atoms with E-state index in [1.54, 1.807) is 13.8 Å². The van der Waals surface area contributed by atoms with Crippen LogP contribution in [-0.4, -0.2) is 53.0 Å². The van der Waals surface area contributed by atoms with Crippen LogP contribution in [-0.2, 0) is 24.5 Å². The molecule has 0 aliphatic carbocycles. The highest BCUT2D eigenvalue weighted by molar-refractivity contribution is 5.90. The van der Waals surface area contributed by atoms with Gasteiger partial charge in [0.25, 0.3) is 0 Å². The maximum absolute atomic E-state index is 10.9. The Morgan fingerprint density at radius 1 is 0.857 bits per heavy atom. The number of ether oxygens (including phenoxy) is 4. The van der Waals surface area contributed by atoms with Crippen LogP contribution in [0.15, 0.2) is 96.2 Å². The van der Waals surface area contributed by atoms with E-state index in [-0.39, 0.29) is 12.3 Å². The van der Waals surface area contributed by atoms with Gasteiger partial charge in [0, 0.05) is 0 Å². The molecule has 3 aromatic rings. The SMILES string of the molecule is CC1(C)O[C@H]2O[C@@H](/C(COC(c3ccccc3)(c3ccccc3)c3ccccc3)=N\O)[C@@H](O)[C@@H]2O1. The van der Waals surface area contributed by atoms with Crippen LogP contribution in [0.5, 0.6) is 0 Å². The lowest BCUT2D eigenvalue weighted by Crippen LogP contribution is -2.42. The third kappa shape index (κ3) is 4.37. The molecule has 2 heterocycles. The summed E-state index contributed by atoms with van der Waals surface area (Å²) < 4.78 is 24.1. The van der Waals surface area contributed by atoms with Crippen molar-refractivity contribution in [1.29, 1.82) is 0 Å². The Morgan fingerprint density at radius 3 is 1.77 bits per heavy atom. The summed E-state index contributed by atoms with van der Waals surface area (Å²) in [5.41, 5.74) is 1.87. The van der Waals surface area contributed by atoms with Gasteiger partial charge in [0.15, 0.2) is 12.1 Å². The van der Waals surface area contributed by atoms with E-state index in [9.17, 15) is 10.3 Å². The molecule has 2 saturated heterocycles. The molecule has 0 bridgehead atoms. The Balaban J connectivity index is 1.50. The second-order valence-electron chi connectivity index (χ2n) is 9.18. The lowest BCUT2D eigenvalue weighted by atomic mass is 9.80. The number of hydrogen-bond acceptors (Lipinski definition) is 7. The number of fused-ring (bicyclic) bond motifs is 1. The fourth-order valence-corrected chi connectivity index (χ4v) is 4.89. The maximum Gasteiger partial charge on any atom is 0.190 e. The van der Waals surface area contributed by atoms with Gasteiger partial charge >= 0.3 is 0 Å². The number of benzene rings is 3. The van der Waals surface area contributed by atoms with E-state index >= 15 is 0 Å². The van der Waals surface area contributed by atoms with Gasteiger partial charge in [0.2, 0.25) is 0 Å². The summed E-state index contributed by atoms with van der Waals surface area (Å²) in [5, 5.41) is 24.3. The van der Waals surface area contributed by atoms with Crippen molar-refractivity contribution in [3.05, 3.63) is 108 Å². The zero-order valence-electron chi connectivity index (χ0n) is 19.7. The molecule has 0 aromatic heterocycles. The third-order valence-electron chi connectivity index (χ3n) is 6.45. The summed E-state index contributed by atoms with van der Waals surface area (Å²) in [6.45, 7) is 3.41. The van der Waals surface area contributed by atoms with Gasteiger partial charge < -0.3 is 29.3 Å². The monoisotopic (exact) mass is 475 g/mol. The molecule has 2 fully saturated rings. The summed E-state index contributed by atoms with van der Waals surface area (Å²) >= 11 is 0. The highest BCUT2D eigenvalue weighted by Crippen LogP contribution is 2.41. The van der Waals surface area contributed by atoms with E-state index in [0.29, 0.717) is 0 Å². The van der Waals surface area contributed by atoms with Crippen LogP contribution >= 0.6 is 0 Å². The first kappa shape index (κ1) is 23.7. The molecule has 4 atom stereocenters. The van der Waals surface area contributed by atoms with Crippen molar-refractivity contribution < 1.29 is 29.3 Å². The van der Waals surface area contributed by atoms with Crippen molar-refractivity contribution in [2.45, 2.75) is 49.8 Å². The zero-order valence-corrected chi connectivity index (χ0v) is 19.7. The fourth-order valence-electron chi connectivity index (χ4n) is 4.89. The molecule has 0 amide bonds. The average Bonchev–Trinajstić information content (AvgIpc) is 3.35. The van der Waals surface area contributed by atoms with E-state index in [0.717, 1.165) is 16.7 Å². The molecule has 3 aromatic carbocycles. The molecule has 2 N–H and O–H groups in total. The Hall–Kier alpha value is -3.07. The zero-order chi connectivity index (χ0) is 24.5. The second-order valence-corrected chi connectivity index (χ2v) is 9.18. The van der Waals surface area contributed by atoms with Crippen LogP contribution < -0.4 is 0 Å². The van der Waals surface area contributed by atoms with Crippen LogP contribution in [0.4, 0.5) is 0 Å². The third-order valence-corrected chi connectivity index (χ3v) is 6.45. The van der Waals surface area contributed by atoms with Crippen molar-refractivity contribution in [1.82, 2.24) is 0 Å². The summed E-state index contributed by atoms with van der Waals surface area (Å²) in [7, 11) is 0. The molecule has 2 aliphatic heterocycles. The van der Waals surface area contributed by atoms with E-state index in [2.05, 4.69) is 5.16 Å². The molecule has 0 unspecified atom stereocenters. The molecule has 0 saturated carbocycles. The average molecular weight is 476 g/mol. The summed E-state index contributed by atoms with van der Waals surface area (Å²) in [5.74, 6) is -0.864. The van der Waals surface area contributed by atoms with Gasteiger partial charge in [-0.25, -0.2) is 0 Å². The van der Waals surface area contributed by atoms with Crippen molar-refractivity contribution >= 4 is 5.71 Å². The van der Waals surface area contributed by atoms with Gasteiger partial charge in [-0.05, 0) is 30.5 Å². The van der Waals surface area contributed by atoms with Crippen molar-refractivity contribution in [2.75, 3.05) is 6.61 Å². The topological polar surface area (TPSA) is 89.7 Å². The quantitative estimate of drug-likeness (QED) is 0.232.